The third-order valence-electron chi connectivity index (χ3n) is 5.35. The van der Waals surface area contributed by atoms with Crippen LogP contribution in [0.1, 0.15) is 0 Å². The highest BCUT2D eigenvalue weighted by molar-refractivity contribution is 7.80. The lowest BCUT2D eigenvalue weighted by Crippen LogP contribution is -2.22. The summed E-state index contributed by atoms with van der Waals surface area (Å²) in [6, 6.07) is 41.9. The Morgan fingerprint density at radius 1 is 0.500 bits per heavy atom. The van der Waals surface area contributed by atoms with E-state index in [1.807, 2.05) is 18.2 Å². The fourth-order valence-electron chi connectivity index (χ4n) is 4.00. The second-order valence-electron chi connectivity index (χ2n) is 7.20. The summed E-state index contributed by atoms with van der Waals surface area (Å²) < 4.78 is 0. The minimum absolute atomic E-state index is 0.311. The summed E-state index contributed by atoms with van der Waals surface area (Å²) in [5.41, 5.74) is 1.99. The number of para-hydroxylation sites is 1. The molecule has 5 aromatic carbocycles. The van der Waals surface area contributed by atoms with Gasteiger partial charge in [0.1, 0.15) is 5.75 Å². The van der Waals surface area contributed by atoms with E-state index in [2.05, 4.69) is 97.1 Å². The van der Waals surface area contributed by atoms with Gasteiger partial charge in [-0.3, -0.25) is 0 Å². The Hall–Kier alpha value is -3.41. The Morgan fingerprint density at radius 3 is 1.73 bits per heavy atom. The van der Waals surface area contributed by atoms with Gasteiger partial charge in [0.2, 0.25) is 0 Å². The van der Waals surface area contributed by atoms with Gasteiger partial charge in [-0.1, -0.05) is 115 Å². The molecule has 0 aromatic heterocycles. The van der Waals surface area contributed by atoms with Crippen LogP contribution in [0.25, 0.3) is 21.9 Å². The van der Waals surface area contributed by atoms with Gasteiger partial charge < -0.3 is 5.11 Å². The van der Waals surface area contributed by atoms with Crippen molar-refractivity contribution in [3.05, 3.63) is 121 Å². The Labute approximate surface area is 178 Å². The Balaban J connectivity index is 1.87. The quantitative estimate of drug-likeness (QED) is 0.366. The second kappa shape index (κ2) is 8.14. The van der Waals surface area contributed by atoms with Crippen molar-refractivity contribution >= 4 is 34.6 Å². The van der Waals surface area contributed by atoms with E-state index < -0.39 is 7.92 Å². The van der Waals surface area contributed by atoms with Gasteiger partial charge in [0.15, 0.2) is 0 Å². The van der Waals surface area contributed by atoms with Gasteiger partial charge in [-0.15, -0.1) is 0 Å². The van der Waals surface area contributed by atoms with Crippen LogP contribution in [0, 0.1) is 0 Å². The average Bonchev–Trinajstić information content (AvgIpc) is 2.81. The van der Waals surface area contributed by atoms with E-state index >= 15 is 0 Å². The van der Waals surface area contributed by atoms with Crippen molar-refractivity contribution in [3.8, 4) is 16.9 Å². The first-order valence-electron chi connectivity index (χ1n) is 10.0. The number of fused-ring (bicyclic) bond motifs is 1. The molecule has 0 heterocycles. The monoisotopic (exact) mass is 404 g/mol. The smallest absolute Gasteiger partial charge is 0.123 e. The molecule has 0 radical (unpaired) electrons. The molecular formula is C28H21OP. The molecule has 0 spiro atoms. The zero-order valence-corrected chi connectivity index (χ0v) is 17.3. The van der Waals surface area contributed by atoms with Crippen molar-refractivity contribution in [1.29, 1.82) is 0 Å². The van der Waals surface area contributed by atoms with E-state index in [0.717, 1.165) is 16.5 Å². The van der Waals surface area contributed by atoms with E-state index in [0.29, 0.717) is 5.75 Å². The predicted octanol–water partition coefficient (Wildman–Crippen LogP) is 5.97. The molecule has 1 N–H and O–H groups in total. The van der Waals surface area contributed by atoms with Crippen LogP contribution in [-0.2, 0) is 0 Å². The van der Waals surface area contributed by atoms with E-state index in [1.165, 1.54) is 21.3 Å². The van der Waals surface area contributed by atoms with E-state index in [1.54, 1.807) is 6.07 Å². The number of benzene rings is 5. The van der Waals surface area contributed by atoms with Crippen LogP contribution >= 0.6 is 7.92 Å². The molecule has 0 saturated heterocycles. The van der Waals surface area contributed by atoms with Gasteiger partial charge in [-0.05, 0) is 40.7 Å². The molecule has 0 bridgehead atoms. The Kier molecular flexibility index (Phi) is 5.05. The van der Waals surface area contributed by atoms with Crippen molar-refractivity contribution in [2.75, 3.05) is 0 Å². The highest BCUT2D eigenvalue weighted by atomic mass is 31.1. The average molecular weight is 404 g/mol. The summed E-state index contributed by atoms with van der Waals surface area (Å²) in [5, 5.41) is 17.0. The number of phenolic OH excluding ortho intramolecular Hbond substituents is 1. The lowest BCUT2D eigenvalue weighted by Gasteiger charge is -2.24. The number of hydrogen-bond donors (Lipinski definition) is 1. The van der Waals surface area contributed by atoms with Crippen molar-refractivity contribution in [3.63, 3.8) is 0 Å². The van der Waals surface area contributed by atoms with Gasteiger partial charge in [-0.25, -0.2) is 0 Å². The van der Waals surface area contributed by atoms with Crippen molar-refractivity contribution < 1.29 is 5.11 Å². The molecule has 0 amide bonds. The zero-order chi connectivity index (χ0) is 20.3. The minimum atomic E-state index is -0.787. The number of rotatable bonds is 4. The third-order valence-corrected chi connectivity index (χ3v) is 7.83. The van der Waals surface area contributed by atoms with E-state index in [4.69, 9.17) is 0 Å². The van der Waals surface area contributed by atoms with Gasteiger partial charge in [0, 0.05) is 11.1 Å². The molecule has 0 aliphatic carbocycles. The van der Waals surface area contributed by atoms with Crippen LogP contribution in [0.2, 0.25) is 0 Å². The number of phenols is 1. The van der Waals surface area contributed by atoms with Crippen molar-refractivity contribution in [2.45, 2.75) is 0 Å². The maximum atomic E-state index is 10.8. The summed E-state index contributed by atoms with van der Waals surface area (Å²) in [4.78, 5) is 0. The van der Waals surface area contributed by atoms with Crippen LogP contribution < -0.4 is 15.9 Å². The molecule has 2 heteroatoms. The summed E-state index contributed by atoms with van der Waals surface area (Å²) in [6.45, 7) is 0. The Morgan fingerprint density at radius 2 is 1.07 bits per heavy atom. The van der Waals surface area contributed by atoms with E-state index in [9.17, 15) is 5.11 Å². The second-order valence-corrected chi connectivity index (χ2v) is 9.39. The van der Waals surface area contributed by atoms with Crippen LogP contribution in [0.3, 0.4) is 0 Å². The van der Waals surface area contributed by atoms with Gasteiger partial charge >= 0.3 is 0 Å². The van der Waals surface area contributed by atoms with Crippen LogP contribution in [-0.4, -0.2) is 5.11 Å². The zero-order valence-electron chi connectivity index (χ0n) is 16.4. The molecule has 0 saturated carbocycles. The topological polar surface area (TPSA) is 20.2 Å². The highest BCUT2D eigenvalue weighted by Gasteiger charge is 2.22. The molecule has 5 rings (SSSR count). The SMILES string of the molecule is Oc1ccccc1-c1c(P(c2ccccc2)c2ccccc2)ccc2ccccc12. The fourth-order valence-corrected chi connectivity index (χ4v) is 6.48. The summed E-state index contributed by atoms with van der Waals surface area (Å²) >= 11 is 0. The van der Waals surface area contributed by atoms with Crippen molar-refractivity contribution in [2.24, 2.45) is 0 Å². The fraction of sp³-hybridized carbons (Fsp3) is 0. The maximum absolute atomic E-state index is 10.8. The molecule has 0 aliphatic heterocycles. The molecule has 0 aliphatic rings. The van der Waals surface area contributed by atoms with Gasteiger partial charge in [0.05, 0.1) is 0 Å². The molecule has 0 fully saturated rings. The van der Waals surface area contributed by atoms with Crippen molar-refractivity contribution in [1.82, 2.24) is 0 Å². The lowest BCUT2D eigenvalue weighted by molar-refractivity contribution is 0.477. The van der Waals surface area contributed by atoms with Crippen LogP contribution in [0.15, 0.2) is 121 Å². The first kappa shape index (κ1) is 18.6. The maximum Gasteiger partial charge on any atom is 0.123 e. The summed E-state index contributed by atoms with van der Waals surface area (Å²) in [6.07, 6.45) is 0. The largest absolute Gasteiger partial charge is 0.507 e. The minimum Gasteiger partial charge on any atom is -0.507 e. The molecule has 144 valence electrons. The molecule has 30 heavy (non-hydrogen) atoms. The standard InChI is InChI=1S/C28H21OP/c29-26-18-10-9-17-25(26)28-24-16-8-7-11-21(24)19-20-27(28)30(22-12-3-1-4-13-22)23-14-5-2-6-15-23/h1-20,29H. The van der Waals surface area contributed by atoms with Crippen LogP contribution in [0.4, 0.5) is 0 Å². The van der Waals surface area contributed by atoms with Gasteiger partial charge in [0.25, 0.3) is 0 Å². The van der Waals surface area contributed by atoms with E-state index in [-0.39, 0.29) is 0 Å². The Bertz CT molecular complexity index is 1260. The van der Waals surface area contributed by atoms with Crippen LogP contribution in [0.5, 0.6) is 5.75 Å². The molecule has 0 atom stereocenters. The summed E-state index contributed by atoms with van der Waals surface area (Å²) in [7, 11) is -0.787. The lowest BCUT2D eigenvalue weighted by atomic mass is 9.97. The number of hydrogen-bond acceptors (Lipinski definition) is 1. The first-order chi connectivity index (χ1) is 14.8. The highest BCUT2D eigenvalue weighted by Crippen LogP contribution is 2.42. The molecular weight excluding hydrogens is 383 g/mol. The first-order valence-corrected chi connectivity index (χ1v) is 11.4. The normalized spacial score (nSPS) is 11.1. The molecule has 5 aromatic rings. The molecule has 1 nitrogen and oxygen atoms in total. The third kappa shape index (κ3) is 3.38. The number of aromatic hydroxyl groups is 1. The van der Waals surface area contributed by atoms with Gasteiger partial charge in [-0.2, -0.15) is 0 Å². The molecule has 0 unspecified atom stereocenters. The summed E-state index contributed by atoms with van der Waals surface area (Å²) in [5.74, 6) is 0.311. The predicted molar refractivity (Wildman–Crippen MR) is 130 cm³/mol.